The van der Waals surface area contributed by atoms with E-state index in [1.807, 2.05) is 26.0 Å². The summed E-state index contributed by atoms with van der Waals surface area (Å²) in [5.74, 6) is 0. The highest BCUT2D eigenvalue weighted by Gasteiger charge is 2.14. The number of aryl methyl sites for hydroxylation is 1. The van der Waals surface area contributed by atoms with Gasteiger partial charge in [-0.1, -0.05) is 29.8 Å². The van der Waals surface area contributed by atoms with Crippen molar-refractivity contribution in [3.63, 3.8) is 0 Å². The Balaban J connectivity index is 2.54. The number of ether oxygens (including phenoxy) is 1. The molecule has 1 rings (SSSR count). The third-order valence-electron chi connectivity index (χ3n) is 2.50. The van der Waals surface area contributed by atoms with Crippen molar-refractivity contribution < 1.29 is 9.84 Å². The maximum Gasteiger partial charge on any atom is 0.0839 e. The average molecular weight is 208 g/mol. The Bertz CT molecular complexity index is 296. The number of rotatable bonds is 5. The Hall–Kier alpha value is -0.860. The van der Waals surface area contributed by atoms with Gasteiger partial charge in [0, 0.05) is 13.0 Å². The van der Waals surface area contributed by atoms with E-state index in [1.165, 1.54) is 5.56 Å². The molecule has 0 bridgehead atoms. The quantitative estimate of drug-likeness (QED) is 0.804. The van der Waals surface area contributed by atoms with E-state index in [2.05, 4.69) is 19.1 Å². The number of hydrogen-bond donors (Lipinski definition) is 1. The minimum atomic E-state index is -0.424. The number of aliphatic hydroxyl groups excluding tert-OH is 1. The first-order valence-corrected chi connectivity index (χ1v) is 5.48. The first-order valence-electron chi connectivity index (χ1n) is 5.48. The Labute approximate surface area is 91.9 Å². The van der Waals surface area contributed by atoms with Gasteiger partial charge in [-0.25, -0.2) is 0 Å². The predicted molar refractivity (Wildman–Crippen MR) is 62.0 cm³/mol. The molecule has 0 fully saturated rings. The SMILES string of the molecule is CCOC(C)C(O)Cc1cccc(C)c1. The van der Waals surface area contributed by atoms with Gasteiger partial charge in [-0.15, -0.1) is 0 Å². The lowest BCUT2D eigenvalue weighted by molar-refractivity contribution is -0.0208. The van der Waals surface area contributed by atoms with E-state index in [0.717, 1.165) is 5.56 Å². The standard InChI is InChI=1S/C13H20O2/c1-4-15-11(3)13(14)9-12-7-5-6-10(2)8-12/h5-8,11,13-14H,4,9H2,1-3H3. The van der Waals surface area contributed by atoms with Crippen LogP contribution in [0.3, 0.4) is 0 Å². The van der Waals surface area contributed by atoms with Gasteiger partial charge in [-0.3, -0.25) is 0 Å². The van der Waals surface area contributed by atoms with Crippen molar-refractivity contribution in [2.75, 3.05) is 6.61 Å². The minimum absolute atomic E-state index is 0.101. The van der Waals surface area contributed by atoms with Crippen LogP contribution in [0.15, 0.2) is 24.3 Å². The highest BCUT2D eigenvalue weighted by atomic mass is 16.5. The van der Waals surface area contributed by atoms with Gasteiger partial charge in [-0.05, 0) is 26.3 Å². The first-order chi connectivity index (χ1) is 7.13. The summed E-state index contributed by atoms with van der Waals surface area (Å²) >= 11 is 0. The van der Waals surface area contributed by atoms with Crippen LogP contribution in [-0.4, -0.2) is 23.9 Å². The summed E-state index contributed by atoms with van der Waals surface area (Å²) in [4.78, 5) is 0. The molecule has 0 amide bonds. The lowest BCUT2D eigenvalue weighted by atomic mass is 10.0. The van der Waals surface area contributed by atoms with Crippen LogP contribution >= 0.6 is 0 Å². The van der Waals surface area contributed by atoms with Crippen LogP contribution in [0.1, 0.15) is 25.0 Å². The van der Waals surface area contributed by atoms with E-state index >= 15 is 0 Å². The molecule has 2 nitrogen and oxygen atoms in total. The Kier molecular flexibility index (Phi) is 4.79. The van der Waals surface area contributed by atoms with Gasteiger partial charge >= 0.3 is 0 Å². The summed E-state index contributed by atoms with van der Waals surface area (Å²) in [5.41, 5.74) is 2.39. The van der Waals surface area contributed by atoms with Gasteiger partial charge < -0.3 is 9.84 Å². The normalized spacial score (nSPS) is 14.9. The fraction of sp³-hybridized carbons (Fsp3) is 0.538. The molecule has 0 radical (unpaired) electrons. The molecule has 1 N–H and O–H groups in total. The highest BCUT2D eigenvalue weighted by Crippen LogP contribution is 2.10. The van der Waals surface area contributed by atoms with Crippen LogP contribution in [0.2, 0.25) is 0 Å². The van der Waals surface area contributed by atoms with E-state index in [9.17, 15) is 5.11 Å². The largest absolute Gasteiger partial charge is 0.390 e. The summed E-state index contributed by atoms with van der Waals surface area (Å²) in [6.45, 7) is 6.55. The number of benzene rings is 1. The summed E-state index contributed by atoms with van der Waals surface area (Å²) < 4.78 is 5.36. The van der Waals surface area contributed by atoms with Crippen LogP contribution in [0.4, 0.5) is 0 Å². The lowest BCUT2D eigenvalue weighted by Crippen LogP contribution is -2.28. The van der Waals surface area contributed by atoms with Crippen LogP contribution < -0.4 is 0 Å². The van der Waals surface area contributed by atoms with Gasteiger partial charge in [0.15, 0.2) is 0 Å². The van der Waals surface area contributed by atoms with Crippen LogP contribution in [0.25, 0.3) is 0 Å². The van der Waals surface area contributed by atoms with Gasteiger partial charge in [-0.2, -0.15) is 0 Å². The van der Waals surface area contributed by atoms with Crippen LogP contribution in [0.5, 0.6) is 0 Å². The summed E-state index contributed by atoms with van der Waals surface area (Å²) in [6, 6.07) is 8.21. The van der Waals surface area contributed by atoms with Crippen molar-refractivity contribution in [1.82, 2.24) is 0 Å². The van der Waals surface area contributed by atoms with E-state index in [4.69, 9.17) is 4.74 Å². The molecule has 15 heavy (non-hydrogen) atoms. The lowest BCUT2D eigenvalue weighted by Gasteiger charge is -2.18. The van der Waals surface area contributed by atoms with Crippen molar-refractivity contribution in [2.45, 2.75) is 39.4 Å². The van der Waals surface area contributed by atoms with E-state index in [1.54, 1.807) is 0 Å². The Morgan fingerprint density at radius 2 is 2.13 bits per heavy atom. The maximum absolute atomic E-state index is 9.87. The van der Waals surface area contributed by atoms with Crippen molar-refractivity contribution in [3.05, 3.63) is 35.4 Å². The fourth-order valence-electron chi connectivity index (χ4n) is 1.62. The molecule has 2 heteroatoms. The molecule has 0 aliphatic rings. The van der Waals surface area contributed by atoms with E-state index < -0.39 is 6.10 Å². The molecule has 0 aliphatic heterocycles. The zero-order valence-corrected chi connectivity index (χ0v) is 9.73. The smallest absolute Gasteiger partial charge is 0.0839 e. The summed E-state index contributed by atoms with van der Waals surface area (Å²) in [6.07, 6.45) is 0.130. The molecule has 0 spiro atoms. The molecule has 2 unspecified atom stereocenters. The van der Waals surface area contributed by atoms with Gasteiger partial charge in [0.05, 0.1) is 12.2 Å². The van der Waals surface area contributed by atoms with Gasteiger partial charge in [0.25, 0.3) is 0 Å². The second-order valence-corrected chi connectivity index (χ2v) is 3.92. The van der Waals surface area contributed by atoms with Crippen molar-refractivity contribution >= 4 is 0 Å². The Morgan fingerprint density at radius 3 is 2.73 bits per heavy atom. The topological polar surface area (TPSA) is 29.5 Å². The van der Waals surface area contributed by atoms with E-state index in [0.29, 0.717) is 13.0 Å². The van der Waals surface area contributed by atoms with Gasteiger partial charge in [0.2, 0.25) is 0 Å². The predicted octanol–water partition coefficient (Wildman–Crippen LogP) is 2.32. The number of hydrogen-bond acceptors (Lipinski definition) is 2. The third kappa shape index (κ3) is 4.02. The van der Waals surface area contributed by atoms with Gasteiger partial charge in [0.1, 0.15) is 0 Å². The first kappa shape index (κ1) is 12.2. The summed E-state index contributed by atoms with van der Waals surface area (Å²) in [5, 5.41) is 9.87. The molecular formula is C13H20O2. The monoisotopic (exact) mass is 208 g/mol. The minimum Gasteiger partial charge on any atom is -0.390 e. The second kappa shape index (κ2) is 5.89. The molecule has 1 aromatic rings. The molecule has 0 heterocycles. The molecule has 84 valence electrons. The molecule has 0 aliphatic carbocycles. The van der Waals surface area contributed by atoms with Crippen molar-refractivity contribution in [2.24, 2.45) is 0 Å². The fourth-order valence-corrected chi connectivity index (χ4v) is 1.62. The number of aliphatic hydroxyl groups is 1. The van der Waals surface area contributed by atoms with Crippen molar-refractivity contribution in [1.29, 1.82) is 0 Å². The van der Waals surface area contributed by atoms with Crippen LogP contribution in [-0.2, 0) is 11.2 Å². The zero-order valence-electron chi connectivity index (χ0n) is 9.73. The van der Waals surface area contributed by atoms with Crippen LogP contribution in [0, 0.1) is 6.92 Å². The molecule has 0 saturated heterocycles. The molecule has 2 atom stereocenters. The second-order valence-electron chi connectivity index (χ2n) is 3.92. The molecule has 0 saturated carbocycles. The maximum atomic E-state index is 9.87. The summed E-state index contributed by atoms with van der Waals surface area (Å²) in [7, 11) is 0. The van der Waals surface area contributed by atoms with Crippen molar-refractivity contribution in [3.8, 4) is 0 Å². The van der Waals surface area contributed by atoms with E-state index in [-0.39, 0.29) is 6.10 Å². The average Bonchev–Trinajstić information content (AvgIpc) is 2.18. The molecular weight excluding hydrogens is 188 g/mol. The Morgan fingerprint density at radius 1 is 1.40 bits per heavy atom. The molecule has 1 aromatic carbocycles. The highest BCUT2D eigenvalue weighted by molar-refractivity contribution is 5.22. The molecule has 0 aromatic heterocycles. The third-order valence-corrected chi connectivity index (χ3v) is 2.50. The zero-order chi connectivity index (χ0) is 11.3.